The van der Waals surface area contributed by atoms with Crippen LogP contribution in [-0.2, 0) is 24.6 Å². The zero-order valence-corrected chi connectivity index (χ0v) is 34.5. The van der Waals surface area contributed by atoms with Crippen molar-refractivity contribution in [1.82, 2.24) is 0 Å². The maximum absolute atomic E-state index is 15.5. The topological polar surface area (TPSA) is 123 Å². The number of amides is 4. The average molecular weight is 875 g/mol. The molecular weight excluding hydrogens is 837 g/mol. The zero-order valence-electron chi connectivity index (χ0n) is 33.7. The quantitative estimate of drug-likeness (QED) is 0.0884. The van der Waals surface area contributed by atoms with Gasteiger partial charge in [0.2, 0.25) is 23.6 Å². The van der Waals surface area contributed by atoms with Gasteiger partial charge >= 0.3 is 6.36 Å². The Hall–Kier alpha value is -6.86. The Kier molecular flexibility index (Phi) is 10.4. The number of anilines is 2. The van der Waals surface area contributed by atoms with Gasteiger partial charge in [0.25, 0.3) is 0 Å². The first kappa shape index (κ1) is 41.5. The summed E-state index contributed by atoms with van der Waals surface area (Å²) in [5.41, 5.74) is 0.909. The standard InChI is InChI=1S/C49H38ClF3N2O8/c1-61-33-18-22-41(62-2)28(23-33)14-11-27-12-15-31(16-13-27)54-44(57)36-20-19-35-37(42(36)46(54)59)26-39-45(58)55(32-10-6-9-30(50)24-32)47(60)48(39,29-7-4-3-5-8-29)43(35)38-25-34(17-21-40(38)56)63-49(51,52)53/h3-19,21-25,36-37,39,42-43,56H,20,26H2,1-2H3. The molecular formula is C49H38ClF3N2O8. The van der Waals surface area contributed by atoms with Gasteiger partial charge in [-0.2, -0.15) is 0 Å². The molecule has 14 heteroatoms. The number of carbonyl (C=O) groups is 4. The first-order chi connectivity index (χ1) is 30.2. The van der Waals surface area contributed by atoms with E-state index < -0.39 is 76.5 Å². The first-order valence-electron chi connectivity index (χ1n) is 20.1. The van der Waals surface area contributed by atoms with Gasteiger partial charge in [-0.25, -0.2) is 4.90 Å². The fraction of sp³-hybridized carbons (Fsp3) is 0.224. The highest BCUT2D eigenvalue weighted by atomic mass is 35.5. The summed E-state index contributed by atoms with van der Waals surface area (Å²) in [7, 11) is 3.13. The molecule has 2 aliphatic heterocycles. The van der Waals surface area contributed by atoms with E-state index >= 15 is 9.59 Å². The Morgan fingerprint density at radius 1 is 0.746 bits per heavy atom. The van der Waals surface area contributed by atoms with Crippen molar-refractivity contribution in [2.45, 2.75) is 30.5 Å². The van der Waals surface area contributed by atoms with E-state index in [0.29, 0.717) is 28.3 Å². The van der Waals surface area contributed by atoms with Gasteiger partial charge in [0.05, 0.1) is 48.8 Å². The number of ether oxygens (including phenoxy) is 3. The van der Waals surface area contributed by atoms with E-state index in [1.54, 1.807) is 105 Å². The minimum absolute atomic E-state index is 0.0481. The smallest absolute Gasteiger partial charge is 0.508 e. The lowest BCUT2D eigenvalue weighted by Crippen LogP contribution is -2.53. The Bertz CT molecular complexity index is 2740. The van der Waals surface area contributed by atoms with Crippen LogP contribution < -0.4 is 24.0 Å². The van der Waals surface area contributed by atoms with Gasteiger partial charge in [0.15, 0.2) is 0 Å². The molecule has 1 saturated carbocycles. The van der Waals surface area contributed by atoms with E-state index in [1.165, 1.54) is 6.07 Å². The molecule has 2 aliphatic carbocycles. The SMILES string of the molecule is COc1ccc(OC)c(C=Cc2ccc(N3C(=O)C4CC=C5C(CC6C(=O)N(c7cccc(Cl)c7)C(=O)C6(c6ccccc6)C5c5cc(OC(F)(F)F)ccc5O)C4C3=O)cc2)c1. The molecule has 3 fully saturated rings. The second-order valence-electron chi connectivity index (χ2n) is 15.9. The molecule has 0 spiro atoms. The number of allylic oxidation sites excluding steroid dienone is 2. The monoisotopic (exact) mass is 874 g/mol. The maximum Gasteiger partial charge on any atom is 0.573 e. The van der Waals surface area contributed by atoms with Crippen LogP contribution in [0.1, 0.15) is 41.0 Å². The molecule has 63 heavy (non-hydrogen) atoms. The van der Waals surface area contributed by atoms with Crippen LogP contribution in [-0.4, -0.2) is 49.3 Å². The molecule has 4 amide bonds. The zero-order chi connectivity index (χ0) is 44.4. The average Bonchev–Trinajstić information content (AvgIpc) is 3.66. The third-order valence-electron chi connectivity index (χ3n) is 12.8. The minimum Gasteiger partial charge on any atom is -0.508 e. The van der Waals surface area contributed by atoms with Crippen molar-refractivity contribution in [2.75, 3.05) is 24.0 Å². The molecule has 2 saturated heterocycles. The molecule has 2 heterocycles. The summed E-state index contributed by atoms with van der Waals surface area (Å²) < 4.78 is 56.3. The molecule has 0 bridgehead atoms. The first-order valence-corrected chi connectivity index (χ1v) is 20.5. The summed E-state index contributed by atoms with van der Waals surface area (Å²) in [6.45, 7) is 0. The van der Waals surface area contributed by atoms with Crippen LogP contribution in [0.15, 0.2) is 127 Å². The van der Waals surface area contributed by atoms with E-state index in [4.69, 9.17) is 21.1 Å². The van der Waals surface area contributed by atoms with Crippen LogP contribution in [0.5, 0.6) is 23.0 Å². The van der Waals surface area contributed by atoms with Crippen molar-refractivity contribution in [3.8, 4) is 23.0 Å². The van der Waals surface area contributed by atoms with E-state index in [0.717, 1.165) is 39.1 Å². The molecule has 6 unspecified atom stereocenters. The number of hydrogen-bond donors (Lipinski definition) is 1. The third kappa shape index (κ3) is 6.91. The van der Waals surface area contributed by atoms with Crippen LogP contribution in [0.3, 0.4) is 0 Å². The van der Waals surface area contributed by atoms with Gasteiger partial charge in [-0.15, -0.1) is 13.2 Å². The lowest BCUT2D eigenvalue weighted by molar-refractivity contribution is -0.274. The summed E-state index contributed by atoms with van der Waals surface area (Å²) in [5.74, 6) is -7.31. The number of benzene rings is 5. The number of alkyl halides is 3. The highest BCUT2D eigenvalue weighted by Gasteiger charge is 2.70. The number of halogens is 4. The number of phenols is 1. The van der Waals surface area contributed by atoms with Gasteiger partial charge in [-0.05, 0) is 96.6 Å². The summed E-state index contributed by atoms with van der Waals surface area (Å²) in [5, 5.41) is 11.9. The van der Waals surface area contributed by atoms with Crippen LogP contribution in [0.25, 0.3) is 12.2 Å². The van der Waals surface area contributed by atoms with E-state index in [2.05, 4.69) is 4.74 Å². The normalized spacial score (nSPS) is 24.3. The van der Waals surface area contributed by atoms with Crippen molar-refractivity contribution in [3.05, 3.63) is 154 Å². The Morgan fingerprint density at radius 3 is 2.19 bits per heavy atom. The van der Waals surface area contributed by atoms with Crippen molar-refractivity contribution >= 4 is 58.8 Å². The highest BCUT2D eigenvalue weighted by Crippen LogP contribution is 2.65. The van der Waals surface area contributed by atoms with Crippen LogP contribution >= 0.6 is 11.6 Å². The molecule has 9 rings (SSSR count). The number of carbonyl (C=O) groups excluding carboxylic acids is 4. The summed E-state index contributed by atoms with van der Waals surface area (Å²) in [6.07, 6.45) is 0.341. The van der Waals surface area contributed by atoms with Crippen molar-refractivity contribution in [1.29, 1.82) is 0 Å². The molecule has 0 aromatic heterocycles. The van der Waals surface area contributed by atoms with Crippen molar-refractivity contribution < 1.29 is 51.7 Å². The number of aromatic hydroxyl groups is 1. The van der Waals surface area contributed by atoms with Crippen molar-refractivity contribution in [2.24, 2.45) is 23.7 Å². The number of methoxy groups -OCH3 is 2. The predicted octanol–water partition coefficient (Wildman–Crippen LogP) is 9.50. The van der Waals surface area contributed by atoms with E-state index in [-0.39, 0.29) is 29.1 Å². The largest absolute Gasteiger partial charge is 0.573 e. The van der Waals surface area contributed by atoms with Gasteiger partial charge in [0, 0.05) is 22.1 Å². The Labute approximate surface area is 364 Å². The fourth-order valence-electron chi connectivity index (χ4n) is 10.2. The van der Waals surface area contributed by atoms with E-state index in [1.807, 2.05) is 18.2 Å². The Balaban J connectivity index is 1.14. The predicted molar refractivity (Wildman–Crippen MR) is 228 cm³/mol. The molecule has 5 aromatic rings. The number of phenolic OH excluding ortho intramolecular Hbond substituents is 1. The molecule has 10 nitrogen and oxygen atoms in total. The number of nitrogens with zero attached hydrogens (tertiary/aromatic N) is 2. The second-order valence-corrected chi connectivity index (χ2v) is 16.3. The fourth-order valence-corrected chi connectivity index (χ4v) is 10.4. The summed E-state index contributed by atoms with van der Waals surface area (Å²) in [4.78, 5) is 61.9. The third-order valence-corrected chi connectivity index (χ3v) is 13.0. The lowest BCUT2D eigenvalue weighted by atomic mass is 9.49. The number of rotatable bonds is 9. The van der Waals surface area contributed by atoms with Crippen LogP contribution in [0.4, 0.5) is 24.5 Å². The van der Waals surface area contributed by atoms with Gasteiger partial charge in [0.1, 0.15) is 23.0 Å². The molecule has 320 valence electrons. The maximum atomic E-state index is 15.5. The lowest BCUT2D eigenvalue weighted by Gasteiger charge is -2.50. The van der Waals surface area contributed by atoms with Gasteiger partial charge in [-0.3, -0.25) is 24.1 Å². The number of imide groups is 2. The van der Waals surface area contributed by atoms with E-state index in [9.17, 15) is 27.9 Å². The molecule has 0 radical (unpaired) electrons. The number of fused-ring (bicyclic) bond motifs is 4. The van der Waals surface area contributed by atoms with Gasteiger partial charge in [-0.1, -0.05) is 83.9 Å². The molecule has 6 atom stereocenters. The summed E-state index contributed by atoms with van der Waals surface area (Å²) in [6, 6.07) is 29.9. The Morgan fingerprint density at radius 2 is 1.49 bits per heavy atom. The highest BCUT2D eigenvalue weighted by molar-refractivity contribution is 6.32. The second kappa shape index (κ2) is 15.8. The van der Waals surface area contributed by atoms with Crippen molar-refractivity contribution in [3.63, 3.8) is 0 Å². The summed E-state index contributed by atoms with van der Waals surface area (Å²) >= 11 is 6.38. The molecule has 5 aromatic carbocycles. The minimum atomic E-state index is -5.10. The van der Waals surface area contributed by atoms with Crippen LogP contribution in [0.2, 0.25) is 5.02 Å². The molecule has 1 N–H and O–H groups in total. The molecule has 4 aliphatic rings. The van der Waals surface area contributed by atoms with Crippen LogP contribution in [0, 0.1) is 23.7 Å². The van der Waals surface area contributed by atoms with Gasteiger partial charge < -0.3 is 19.3 Å². The number of hydrogen-bond acceptors (Lipinski definition) is 8.